The van der Waals surface area contributed by atoms with Gasteiger partial charge in [0.1, 0.15) is 0 Å². The Morgan fingerprint density at radius 2 is 0.621 bits per heavy atom. The van der Waals surface area contributed by atoms with E-state index in [1.807, 2.05) is 0 Å². The van der Waals surface area contributed by atoms with Gasteiger partial charge in [-0.25, -0.2) is 0 Å². The predicted octanol–water partition coefficient (Wildman–Crippen LogP) is 18.3. The topological polar surface area (TPSA) is 51.6 Å². The van der Waals surface area contributed by atoms with Crippen LogP contribution >= 0.6 is 23.5 Å². The molecule has 4 nitrogen and oxygen atoms in total. The van der Waals surface area contributed by atoms with E-state index in [1.54, 1.807) is 29.4 Å². The minimum atomic E-state index is -2.66. The minimum absolute atomic E-state index is 0.0237. The van der Waals surface area contributed by atoms with Gasteiger partial charge in [-0.05, 0) is 0 Å². The van der Waals surface area contributed by atoms with Gasteiger partial charge < -0.3 is 0 Å². The molecular formula is C58H90N4S2Sn2. The van der Waals surface area contributed by atoms with Crippen LogP contribution in [0.5, 0.6) is 0 Å². The van der Waals surface area contributed by atoms with Crippen LogP contribution in [0, 0.1) is 0 Å². The van der Waals surface area contributed by atoms with Crippen molar-refractivity contribution in [3.05, 3.63) is 46.5 Å². The molecule has 0 spiro atoms. The monoisotopic (exact) mass is 1150 g/mol. The molecule has 0 saturated heterocycles. The Morgan fingerprint density at radius 1 is 0.348 bits per heavy atom. The standard InChI is InChI=1S/C52H72N4S2.6CH3.2Sn/c1-5-9-13-17-21-25-33-51(34-26-22-18-14-10-6-2)41-29-31-45-49(55-57-53-45)47(41)39-38-44-40(37-43(39)51)48-42(30-32-46-50(48)56-58-54-46)52(44,35-27-23-19-15-11-7-3)36-28-24-20-16-12-8-4;;;;;;;;/h29-30,37-38H,5-28,33-36H2,1-4H3;6*1H3;;. The molecule has 0 saturated carbocycles. The fraction of sp³-hybridized carbons (Fsp3) is 0.690. The molecule has 0 amide bonds. The first-order valence-electron chi connectivity index (χ1n) is 27.7. The molecular weight excluding hydrogens is 1050 g/mol. The van der Waals surface area contributed by atoms with E-state index < -0.39 is 36.8 Å². The number of rotatable bonds is 30. The predicted molar refractivity (Wildman–Crippen MR) is 299 cm³/mol. The molecule has 0 atom stereocenters. The molecule has 2 aliphatic carbocycles. The fourth-order valence-electron chi connectivity index (χ4n) is 12.6. The van der Waals surface area contributed by atoms with Crippen LogP contribution in [-0.4, -0.2) is 54.2 Å². The first kappa shape index (κ1) is 52.7. The first-order valence-corrected chi connectivity index (χ1v) is 49.1. The second-order valence-corrected chi connectivity index (χ2v) is 53.1. The molecule has 66 heavy (non-hydrogen) atoms. The van der Waals surface area contributed by atoms with Gasteiger partial charge in [0.2, 0.25) is 0 Å². The number of aromatic nitrogens is 4. The summed E-state index contributed by atoms with van der Waals surface area (Å²) in [5.74, 6) is 0. The normalized spacial score (nSPS) is 14.9. The SMILES string of the molecule is CCCCCCCCC1(CCCCCCCC)c2cc3c(cc2-c2c1c[c]([Sn]([CH3])([CH3])[CH3])c1nsnc21)C(CCCCCCCC)(CCCCCCCC)c1c[c]([Sn]([CH3])([CH3])[CH3])c2nsnc2c1-3. The molecule has 0 N–H and O–H groups in total. The maximum atomic E-state index is 5.36. The summed E-state index contributed by atoms with van der Waals surface area (Å²) in [6.45, 7) is 9.40. The quantitative estimate of drug-likeness (QED) is 0.0340. The Bertz CT molecular complexity index is 2150. The van der Waals surface area contributed by atoms with Crippen LogP contribution in [0.3, 0.4) is 0 Å². The van der Waals surface area contributed by atoms with Gasteiger partial charge in [-0.15, -0.1) is 0 Å². The van der Waals surface area contributed by atoms with Crippen molar-refractivity contribution >= 4 is 89.4 Å². The zero-order valence-electron chi connectivity index (χ0n) is 43.7. The van der Waals surface area contributed by atoms with Crippen LogP contribution in [0.1, 0.15) is 230 Å². The van der Waals surface area contributed by atoms with Gasteiger partial charge in [0.05, 0.1) is 0 Å². The van der Waals surface area contributed by atoms with Crippen molar-refractivity contribution in [1.29, 1.82) is 0 Å². The Labute approximate surface area is 419 Å². The van der Waals surface area contributed by atoms with E-state index in [-0.39, 0.29) is 10.8 Å². The van der Waals surface area contributed by atoms with Crippen LogP contribution in [-0.2, 0) is 10.8 Å². The van der Waals surface area contributed by atoms with E-state index in [1.165, 1.54) is 248 Å². The van der Waals surface area contributed by atoms with Crippen LogP contribution < -0.4 is 7.16 Å². The molecule has 5 aromatic rings. The van der Waals surface area contributed by atoms with E-state index in [9.17, 15) is 0 Å². The summed E-state index contributed by atoms with van der Waals surface area (Å²) in [4.78, 5) is 15.6. The van der Waals surface area contributed by atoms with Gasteiger partial charge in [-0.1, -0.05) is 0 Å². The average molecular weight is 1140 g/mol. The van der Waals surface area contributed by atoms with E-state index >= 15 is 0 Å². The van der Waals surface area contributed by atoms with Gasteiger partial charge >= 0.3 is 424 Å². The summed E-state index contributed by atoms with van der Waals surface area (Å²) in [6, 6.07) is 11.2. The molecule has 2 aromatic heterocycles. The Kier molecular flexibility index (Phi) is 19.1. The molecule has 0 fully saturated rings. The van der Waals surface area contributed by atoms with Crippen molar-refractivity contribution in [3.63, 3.8) is 0 Å². The summed E-state index contributed by atoms with van der Waals surface area (Å²) in [7, 11) is 0. The number of unbranched alkanes of at least 4 members (excludes halogenated alkanes) is 20. The van der Waals surface area contributed by atoms with Gasteiger partial charge in [0.15, 0.2) is 0 Å². The number of nitrogens with zero attached hydrogens (tertiary/aromatic N) is 4. The summed E-state index contributed by atoms with van der Waals surface area (Å²) < 4.78 is 24.3. The van der Waals surface area contributed by atoms with Crippen molar-refractivity contribution in [1.82, 2.24) is 17.5 Å². The van der Waals surface area contributed by atoms with Crippen molar-refractivity contribution in [2.24, 2.45) is 0 Å². The third kappa shape index (κ3) is 11.2. The summed E-state index contributed by atoms with van der Waals surface area (Å²) >= 11 is -2.38. The van der Waals surface area contributed by atoms with Crippen molar-refractivity contribution in [2.45, 2.75) is 248 Å². The molecule has 0 bridgehead atoms. The third-order valence-corrected chi connectivity index (χ3v) is 28.7. The first-order chi connectivity index (χ1) is 31.9. The fourth-order valence-corrected chi connectivity index (χ4v) is 22.5. The van der Waals surface area contributed by atoms with E-state index in [0.717, 1.165) is 0 Å². The zero-order valence-corrected chi connectivity index (χ0v) is 51.1. The van der Waals surface area contributed by atoms with Crippen molar-refractivity contribution in [3.8, 4) is 22.3 Å². The van der Waals surface area contributed by atoms with E-state index in [4.69, 9.17) is 17.5 Å². The number of hydrogen-bond donors (Lipinski definition) is 0. The van der Waals surface area contributed by atoms with Crippen LogP contribution in [0.25, 0.3) is 44.3 Å². The summed E-state index contributed by atoms with van der Waals surface area (Å²) in [5, 5.41) is 0. The third-order valence-electron chi connectivity index (χ3n) is 16.3. The molecule has 0 radical (unpaired) electrons. The zero-order chi connectivity index (χ0) is 47.0. The van der Waals surface area contributed by atoms with Gasteiger partial charge in [0.25, 0.3) is 0 Å². The Hall–Kier alpha value is -1.10. The van der Waals surface area contributed by atoms with Gasteiger partial charge in [-0.2, -0.15) is 0 Å². The summed E-state index contributed by atoms with van der Waals surface area (Å²) in [5.41, 5.74) is 17.3. The molecule has 7 rings (SSSR count). The second-order valence-electron chi connectivity index (χ2n) is 23.3. The Morgan fingerprint density at radius 3 is 0.909 bits per heavy atom. The molecule has 0 unspecified atom stereocenters. The molecule has 3 aromatic carbocycles. The van der Waals surface area contributed by atoms with Gasteiger partial charge in [-0.3, -0.25) is 0 Å². The van der Waals surface area contributed by atoms with Crippen LogP contribution in [0.15, 0.2) is 24.3 Å². The molecule has 0 aliphatic heterocycles. The molecule has 2 aliphatic rings. The molecule has 8 heteroatoms. The number of benzene rings is 3. The van der Waals surface area contributed by atoms with Crippen molar-refractivity contribution in [2.75, 3.05) is 0 Å². The second kappa shape index (κ2) is 23.9. The average Bonchev–Trinajstić information content (AvgIpc) is 4.08. The molecule has 362 valence electrons. The maximum absolute atomic E-state index is 5.36. The van der Waals surface area contributed by atoms with Gasteiger partial charge in [0, 0.05) is 0 Å². The van der Waals surface area contributed by atoms with E-state index in [2.05, 4.69) is 81.6 Å². The Balaban J connectivity index is 1.49. The summed E-state index contributed by atoms with van der Waals surface area (Å²) in [6.07, 6.45) is 36.9. The van der Waals surface area contributed by atoms with E-state index in [0.29, 0.717) is 0 Å². The van der Waals surface area contributed by atoms with Crippen LogP contribution in [0.2, 0.25) is 29.6 Å². The van der Waals surface area contributed by atoms with Crippen molar-refractivity contribution < 1.29 is 0 Å². The number of fused-ring (bicyclic) bond motifs is 10. The number of hydrogen-bond acceptors (Lipinski definition) is 6. The van der Waals surface area contributed by atoms with Crippen LogP contribution in [0.4, 0.5) is 0 Å². The molecule has 2 heterocycles.